The first-order valence-corrected chi connectivity index (χ1v) is 9.33. The van der Waals surface area contributed by atoms with Gasteiger partial charge in [-0.3, -0.25) is 0 Å². The molecule has 1 N–H and O–H groups in total. The Morgan fingerprint density at radius 2 is 1.30 bits per heavy atom. The van der Waals surface area contributed by atoms with Crippen molar-refractivity contribution < 1.29 is 24.1 Å². The number of benzene rings is 2. The van der Waals surface area contributed by atoms with Crippen molar-refractivity contribution in [3.63, 3.8) is 0 Å². The van der Waals surface area contributed by atoms with Crippen LogP contribution < -0.4 is 0 Å². The van der Waals surface area contributed by atoms with E-state index in [1.165, 1.54) is 0 Å². The molecule has 0 spiro atoms. The quantitative estimate of drug-likeness (QED) is 0.507. The van der Waals surface area contributed by atoms with Crippen LogP contribution in [0.15, 0.2) is 60.7 Å². The number of carboxylic acids is 1. The largest absolute Gasteiger partial charge is 0.479 e. The van der Waals surface area contributed by atoms with Gasteiger partial charge in [-0.1, -0.05) is 60.7 Å². The van der Waals surface area contributed by atoms with E-state index in [9.17, 15) is 9.90 Å². The maximum atomic E-state index is 11.3. The van der Waals surface area contributed by atoms with Crippen molar-refractivity contribution in [1.82, 2.24) is 0 Å². The average Bonchev–Trinajstić information content (AvgIpc) is 2.70. The maximum Gasteiger partial charge on any atom is 0.332 e. The number of carbonyl (C=O) groups is 1. The highest BCUT2D eigenvalue weighted by molar-refractivity contribution is 5.72. The SMILES string of the molecule is O=C(O)C(CCCOCc1ccccc1)OCCCOCc1ccccc1. The van der Waals surface area contributed by atoms with Gasteiger partial charge in [0.25, 0.3) is 0 Å². The van der Waals surface area contributed by atoms with E-state index < -0.39 is 12.1 Å². The Hall–Kier alpha value is -2.21. The Balaban J connectivity index is 1.51. The summed E-state index contributed by atoms with van der Waals surface area (Å²) in [4.78, 5) is 11.3. The molecular weight excluding hydrogens is 344 g/mol. The third-order valence-electron chi connectivity index (χ3n) is 4.01. The Labute approximate surface area is 160 Å². The van der Waals surface area contributed by atoms with Crippen LogP contribution in [0.4, 0.5) is 0 Å². The summed E-state index contributed by atoms with van der Waals surface area (Å²) in [5, 5.41) is 9.26. The van der Waals surface area contributed by atoms with Gasteiger partial charge in [0.15, 0.2) is 6.10 Å². The number of aliphatic carboxylic acids is 1. The van der Waals surface area contributed by atoms with Gasteiger partial charge in [-0.05, 0) is 30.4 Å². The van der Waals surface area contributed by atoms with Crippen molar-refractivity contribution in [3.8, 4) is 0 Å². The van der Waals surface area contributed by atoms with Gasteiger partial charge in [-0.2, -0.15) is 0 Å². The Kier molecular flexibility index (Phi) is 10.2. The molecule has 2 aromatic carbocycles. The van der Waals surface area contributed by atoms with Crippen molar-refractivity contribution in [2.24, 2.45) is 0 Å². The highest BCUT2D eigenvalue weighted by atomic mass is 16.5. The van der Waals surface area contributed by atoms with Crippen LogP contribution in [-0.2, 0) is 32.2 Å². The van der Waals surface area contributed by atoms with Gasteiger partial charge in [0.05, 0.1) is 13.2 Å². The lowest BCUT2D eigenvalue weighted by atomic mass is 10.2. The number of ether oxygens (including phenoxy) is 3. The second-order valence-corrected chi connectivity index (χ2v) is 6.27. The summed E-state index contributed by atoms with van der Waals surface area (Å²) in [5.74, 6) is -0.928. The zero-order valence-corrected chi connectivity index (χ0v) is 15.6. The van der Waals surface area contributed by atoms with Crippen LogP contribution in [0.2, 0.25) is 0 Å². The van der Waals surface area contributed by atoms with Gasteiger partial charge >= 0.3 is 5.97 Å². The van der Waals surface area contributed by atoms with Crippen LogP contribution in [0, 0.1) is 0 Å². The molecule has 5 heteroatoms. The fourth-order valence-corrected chi connectivity index (χ4v) is 2.56. The molecule has 0 radical (unpaired) electrons. The standard InChI is InChI=1S/C22H28O5/c23-22(24)21(13-7-14-25-17-19-9-3-1-4-10-19)27-16-8-15-26-18-20-11-5-2-6-12-20/h1-6,9-12,21H,7-8,13-18H2,(H,23,24). The zero-order valence-electron chi connectivity index (χ0n) is 15.6. The predicted molar refractivity (Wildman–Crippen MR) is 103 cm³/mol. The number of carboxylic acid groups (broad SMARTS) is 1. The van der Waals surface area contributed by atoms with E-state index in [-0.39, 0.29) is 0 Å². The van der Waals surface area contributed by atoms with E-state index in [1.807, 2.05) is 60.7 Å². The molecule has 1 unspecified atom stereocenters. The lowest BCUT2D eigenvalue weighted by Crippen LogP contribution is -2.25. The fraction of sp³-hybridized carbons (Fsp3) is 0.409. The predicted octanol–water partition coefficient (Wildman–Crippen LogP) is 4.06. The first-order chi connectivity index (χ1) is 13.3. The van der Waals surface area contributed by atoms with Gasteiger partial charge in [-0.15, -0.1) is 0 Å². The fourth-order valence-electron chi connectivity index (χ4n) is 2.56. The van der Waals surface area contributed by atoms with E-state index in [2.05, 4.69) is 0 Å². The molecule has 5 nitrogen and oxygen atoms in total. The number of hydrogen-bond acceptors (Lipinski definition) is 4. The molecule has 0 aliphatic rings. The lowest BCUT2D eigenvalue weighted by Gasteiger charge is -2.14. The van der Waals surface area contributed by atoms with Gasteiger partial charge in [0, 0.05) is 19.8 Å². The van der Waals surface area contributed by atoms with Crippen LogP contribution in [0.1, 0.15) is 30.4 Å². The highest BCUT2D eigenvalue weighted by Gasteiger charge is 2.17. The monoisotopic (exact) mass is 372 g/mol. The third-order valence-corrected chi connectivity index (χ3v) is 4.01. The van der Waals surface area contributed by atoms with Gasteiger partial charge < -0.3 is 19.3 Å². The molecule has 0 saturated carbocycles. The summed E-state index contributed by atoms with van der Waals surface area (Å²) in [5.41, 5.74) is 2.23. The number of hydrogen-bond donors (Lipinski definition) is 1. The lowest BCUT2D eigenvalue weighted by molar-refractivity contribution is -0.151. The Morgan fingerprint density at radius 3 is 1.81 bits per heavy atom. The zero-order chi connectivity index (χ0) is 19.2. The molecule has 0 aliphatic carbocycles. The topological polar surface area (TPSA) is 65.0 Å². The van der Waals surface area contributed by atoms with Crippen LogP contribution in [0.3, 0.4) is 0 Å². The van der Waals surface area contributed by atoms with Crippen LogP contribution >= 0.6 is 0 Å². The average molecular weight is 372 g/mol. The van der Waals surface area contributed by atoms with E-state index >= 15 is 0 Å². The molecule has 0 heterocycles. The van der Waals surface area contributed by atoms with E-state index in [0.29, 0.717) is 52.3 Å². The Morgan fingerprint density at radius 1 is 0.778 bits per heavy atom. The minimum absolute atomic E-state index is 0.372. The summed E-state index contributed by atoms with van der Waals surface area (Å²) >= 11 is 0. The van der Waals surface area contributed by atoms with E-state index in [4.69, 9.17) is 14.2 Å². The summed E-state index contributed by atoms with van der Waals surface area (Å²) in [6, 6.07) is 19.8. The molecule has 27 heavy (non-hydrogen) atoms. The van der Waals surface area contributed by atoms with Gasteiger partial charge in [0.2, 0.25) is 0 Å². The molecule has 0 aliphatic heterocycles. The first-order valence-electron chi connectivity index (χ1n) is 9.33. The number of rotatable bonds is 14. The summed E-state index contributed by atoms with van der Waals surface area (Å²) in [6.45, 7) is 2.53. The molecule has 0 amide bonds. The molecule has 2 rings (SSSR count). The van der Waals surface area contributed by atoms with Crippen molar-refractivity contribution >= 4 is 5.97 Å². The first kappa shape index (κ1) is 21.1. The summed E-state index contributed by atoms with van der Waals surface area (Å²) in [6.07, 6.45) is 0.962. The van der Waals surface area contributed by atoms with Crippen molar-refractivity contribution in [1.29, 1.82) is 0 Å². The smallest absolute Gasteiger partial charge is 0.332 e. The minimum atomic E-state index is -0.928. The second kappa shape index (κ2) is 13.0. The van der Waals surface area contributed by atoms with Crippen molar-refractivity contribution in [2.75, 3.05) is 19.8 Å². The summed E-state index contributed by atoms with van der Waals surface area (Å²) < 4.78 is 16.6. The van der Waals surface area contributed by atoms with Gasteiger partial charge in [-0.25, -0.2) is 4.79 Å². The van der Waals surface area contributed by atoms with Crippen LogP contribution in [0.25, 0.3) is 0 Å². The highest BCUT2D eigenvalue weighted by Crippen LogP contribution is 2.07. The third kappa shape index (κ3) is 9.33. The van der Waals surface area contributed by atoms with E-state index in [1.54, 1.807) is 0 Å². The summed E-state index contributed by atoms with van der Waals surface area (Å²) in [7, 11) is 0. The van der Waals surface area contributed by atoms with Crippen molar-refractivity contribution in [3.05, 3.63) is 71.8 Å². The molecule has 0 bridgehead atoms. The molecule has 146 valence electrons. The maximum absolute atomic E-state index is 11.3. The van der Waals surface area contributed by atoms with Crippen LogP contribution in [-0.4, -0.2) is 37.0 Å². The minimum Gasteiger partial charge on any atom is -0.479 e. The van der Waals surface area contributed by atoms with Crippen molar-refractivity contribution in [2.45, 2.75) is 38.6 Å². The molecular formula is C22H28O5. The molecule has 0 aromatic heterocycles. The normalized spacial score (nSPS) is 12.0. The molecule has 2 aromatic rings. The molecule has 0 fully saturated rings. The molecule has 1 atom stereocenters. The van der Waals surface area contributed by atoms with Gasteiger partial charge in [0.1, 0.15) is 0 Å². The second-order valence-electron chi connectivity index (χ2n) is 6.27. The van der Waals surface area contributed by atoms with Crippen LogP contribution in [0.5, 0.6) is 0 Å². The Bertz CT molecular complexity index is 630. The van der Waals surface area contributed by atoms with E-state index in [0.717, 1.165) is 11.1 Å². The molecule has 0 saturated heterocycles.